The van der Waals surface area contributed by atoms with E-state index in [1.807, 2.05) is 12.1 Å². The monoisotopic (exact) mass is 301 g/mol. The van der Waals surface area contributed by atoms with Crippen molar-refractivity contribution in [3.8, 4) is 0 Å². The summed E-state index contributed by atoms with van der Waals surface area (Å²) in [5.74, 6) is -0.506. The summed E-state index contributed by atoms with van der Waals surface area (Å²) in [6, 6.07) is 6.03. The molecule has 0 heterocycles. The van der Waals surface area contributed by atoms with E-state index in [9.17, 15) is 9.59 Å². The predicted octanol–water partition coefficient (Wildman–Crippen LogP) is 3.24. The first-order valence-electron chi connectivity index (χ1n) is 8.26. The molecule has 4 nitrogen and oxygen atoms in total. The maximum absolute atomic E-state index is 12.2. The lowest BCUT2D eigenvalue weighted by atomic mass is 10.1. The summed E-state index contributed by atoms with van der Waals surface area (Å²) < 4.78 is 5.31. The molecule has 0 radical (unpaired) electrons. The molecule has 2 aliphatic carbocycles. The second-order valence-electron chi connectivity index (χ2n) is 6.39. The van der Waals surface area contributed by atoms with Crippen LogP contribution in [0.4, 0.5) is 5.69 Å². The maximum atomic E-state index is 12.2. The lowest BCUT2D eigenvalue weighted by Gasteiger charge is -2.16. The summed E-state index contributed by atoms with van der Waals surface area (Å²) >= 11 is 0. The topological polar surface area (TPSA) is 55.4 Å². The second-order valence-corrected chi connectivity index (χ2v) is 6.39. The fourth-order valence-electron chi connectivity index (χ4n) is 3.38. The Morgan fingerprint density at radius 1 is 1.14 bits per heavy atom. The number of carbonyl (C=O) groups is 2. The Bertz CT molecular complexity index is 576. The van der Waals surface area contributed by atoms with Crippen LogP contribution in [0.1, 0.15) is 50.2 Å². The van der Waals surface area contributed by atoms with E-state index in [2.05, 4.69) is 11.4 Å². The van der Waals surface area contributed by atoms with Crippen molar-refractivity contribution in [3.63, 3.8) is 0 Å². The average molecular weight is 301 g/mol. The molecule has 1 N–H and O–H groups in total. The quantitative estimate of drug-likeness (QED) is 0.869. The minimum absolute atomic E-state index is 0.0183. The van der Waals surface area contributed by atoms with Crippen LogP contribution in [0.3, 0.4) is 0 Å². The molecule has 0 saturated heterocycles. The molecule has 1 aromatic rings. The van der Waals surface area contributed by atoms with E-state index in [0.29, 0.717) is 0 Å². The molecule has 2 aliphatic rings. The zero-order valence-corrected chi connectivity index (χ0v) is 13.1. The summed E-state index contributed by atoms with van der Waals surface area (Å²) in [5, 5.41) is 2.85. The van der Waals surface area contributed by atoms with Gasteiger partial charge in [-0.1, -0.05) is 18.9 Å². The SMILES string of the molecule is CC(OC(=O)C1CCCC1)C(=O)Nc1ccc2c(c1)CCC2. The molecule has 3 rings (SSSR count). The highest BCUT2D eigenvalue weighted by molar-refractivity contribution is 5.95. The first-order valence-corrected chi connectivity index (χ1v) is 8.26. The highest BCUT2D eigenvalue weighted by atomic mass is 16.5. The van der Waals surface area contributed by atoms with Gasteiger partial charge in [-0.05, 0) is 62.3 Å². The highest BCUT2D eigenvalue weighted by Crippen LogP contribution is 2.27. The number of carbonyl (C=O) groups excluding carboxylic acids is 2. The summed E-state index contributed by atoms with van der Waals surface area (Å²) in [6.45, 7) is 1.63. The number of ether oxygens (including phenoxy) is 1. The van der Waals surface area contributed by atoms with Gasteiger partial charge in [0.15, 0.2) is 6.10 Å². The van der Waals surface area contributed by atoms with Crippen molar-refractivity contribution >= 4 is 17.6 Å². The van der Waals surface area contributed by atoms with Crippen molar-refractivity contribution < 1.29 is 14.3 Å². The number of rotatable bonds is 4. The third-order valence-electron chi connectivity index (χ3n) is 4.72. The number of esters is 1. The van der Waals surface area contributed by atoms with E-state index in [4.69, 9.17) is 4.74 Å². The van der Waals surface area contributed by atoms with Crippen molar-refractivity contribution in [1.82, 2.24) is 0 Å². The van der Waals surface area contributed by atoms with E-state index in [-0.39, 0.29) is 17.8 Å². The van der Waals surface area contributed by atoms with Gasteiger partial charge in [-0.25, -0.2) is 0 Å². The van der Waals surface area contributed by atoms with Crippen LogP contribution in [0.25, 0.3) is 0 Å². The molecular weight excluding hydrogens is 278 g/mol. The van der Waals surface area contributed by atoms with Crippen LogP contribution in [-0.4, -0.2) is 18.0 Å². The lowest BCUT2D eigenvalue weighted by molar-refractivity contribution is -0.157. The molecule has 1 unspecified atom stereocenters. The van der Waals surface area contributed by atoms with E-state index < -0.39 is 6.10 Å². The molecular formula is C18H23NO3. The molecule has 1 amide bonds. The number of fused-ring (bicyclic) bond motifs is 1. The van der Waals surface area contributed by atoms with Gasteiger partial charge in [-0.3, -0.25) is 9.59 Å². The molecule has 1 fully saturated rings. The molecule has 0 spiro atoms. The number of benzene rings is 1. The van der Waals surface area contributed by atoms with Gasteiger partial charge in [0, 0.05) is 5.69 Å². The number of nitrogens with one attached hydrogen (secondary N) is 1. The van der Waals surface area contributed by atoms with E-state index in [1.54, 1.807) is 6.92 Å². The molecule has 22 heavy (non-hydrogen) atoms. The van der Waals surface area contributed by atoms with Crippen LogP contribution in [0, 0.1) is 5.92 Å². The van der Waals surface area contributed by atoms with Crippen LogP contribution in [0.15, 0.2) is 18.2 Å². The third-order valence-corrected chi connectivity index (χ3v) is 4.72. The molecule has 118 valence electrons. The van der Waals surface area contributed by atoms with Crippen LogP contribution in [-0.2, 0) is 27.2 Å². The van der Waals surface area contributed by atoms with Crippen molar-refractivity contribution in [2.24, 2.45) is 5.92 Å². The largest absolute Gasteiger partial charge is 0.452 e. The van der Waals surface area contributed by atoms with E-state index in [0.717, 1.165) is 44.2 Å². The Morgan fingerprint density at radius 3 is 2.64 bits per heavy atom. The van der Waals surface area contributed by atoms with E-state index >= 15 is 0 Å². The predicted molar refractivity (Wildman–Crippen MR) is 84.6 cm³/mol. The van der Waals surface area contributed by atoms with Gasteiger partial charge >= 0.3 is 5.97 Å². The van der Waals surface area contributed by atoms with Gasteiger partial charge in [0.1, 0.15) is 0 Å². The van der Waals surface area contributed by atoms with Crippen LogP contribution < -0.4 is 5.32 Å². The van der Waals surface area contributed by atoms with Gasteiger partial charge in [0.05, 0.1) is 5.92 Å². The zero-order valence-electron chi connectivity index (χ0n) is 13.1. The molecule has 1 atom stereocenters. The van der Waals surface area contributed by atoms with Gasteiger partial charge in [0.25, 0.3) is 5.91 Å². The molecule has 1 aromatic carbocycles. The Morgan fingerprint density at radius 2 is 1.86 bits per heavy atom. The Labute approximate surface area is 131 Å². The fraction of sp³-hybridized carbons (Fsp3) is 0.556. The van der Waals surface area contributed by atoms with Crippen molar-refractivity contribution in [2.75, 3.05) is 5.32 Å². The van der Waals surface area contributed by atoms with Crippen molar-refractivity contribution in [2.45, 2.75) is 58.0 Å². The summed E-state index contributed by atoms with van der Waals surface area (Å²) in [4.78, 5) is 24.1. The molecule has 1 saturated carbocycles. The second kappa shape index (κ2) is 6.51. The lowest BCUT2D eigenvalue weighted by Crippen LogP contribution is -2.31. The summed E-state index contributed by atoms with van der Waals surface area (Å²) in [6.07, 6.45) is 6.56. The fourth-order valence-corrected chi connectivity index (χ4v) is 3.38. The normalized spacial score (nSPS) is 18.8. The van der Waals surface area contributed by atoms with E-state index in [1.165, 1.54) is 17.5 Å². The standard InChI is InChI=1S/C18H23NO3/c1-12(22-18(21)14-5-2-3-6-14)17(20)19-16-10-9-13-7-4-8-15(13)11-16/h9-12,14H,2-8H2,1H3,(H,19,20). The smallest absolute Gasteiger partial charge is 0.309 e. The minimum Gasteiger partial charge on any atom is -0.452 e. The van der Waals surface area contributed by atoms with Crippen LogP contribution in [0.2, 0.25) is 0 Å². The average Bonchev–Trinajstić information content (AvgIpc) is 3.18. The number of amides is 1. The van der Waals surface area contributed by atoms with Gasteiger partial charge in [-0.2, -0.15) is 0 Å². The van der Waals surface area contributed by atoms with Gasteiger partial charge < -0.3 is 10.1 Å². The van der Waals surface area contributed by atoms with Gasteiger partial charge in [-0.15, -0.1) is 0 Å². The third kappa shape index (κ3) is 3.32. The molecule has 0 aliphatic heterocycles. The number of anilines is 1. The Balaban J connectivity index is 1.55. The molecule has 0 aromatic heterocycles. The van der Waals surface area contributed by atoms with Crippen molar-refractivity contribution in [1.29, 1.82) is 0 Å². The minimum atomic E-state index is -0.749. The van der Waals surface area contributed by atoms with Crippen LogP contribution in [0.5, 0.6) is 0 Å². The summed E-state index contributed by atoms with van der Waals surface area (Å²) in [5.41, 5.74) is 3.47. The first kappa shape index (κ1) is 15.1. The summed E-state index contributed by atoms with van der Waals surface area (Å²) in [7, 11) is 0. The number of hydrogen-bond donors (Lipinski definition) is 1. The van der Waals surface area contributed by atoms with Crippen molar-refractivity contribution in [3.05, 3.63) is 29.3 Å². The zero-order chi connectivity index (χ0) is 15.5. The molecule has 4 heteroatoms. The Kier molecular flexibility index (Phi) is 4.46. The highest BCUT2D eigenvalue weighted by Gasteiger charge is 2.27. The molecule has 0 bridgehead atoms. The number of hydrogen-bond acceptors (Lipinski definition) is 3. The maximum Gasteiger partial charge on any atom is 0.309 e. The first-order chi connectivity index (χ1) is 10.6. The van der Waals surface area contributed by atoms with Gasteiger partial charge in [0.2, 0.25) is 0 Å². The van der Waals surface area contributed by atoms with Crippen LogP contribution >= 0.6 is 0 Å². The number of aryl methyl sites for hydroxylation is 2. The Hall–Kier alpha value is -1.84.